The van der Waals surface area contributed by atoms with Gasteiger partial charge >= 0.3 is 5.97 Å². The monoisotopic (exact) mass is 578 g/mol. The van der Waals surface area contributed by atoms with Crippen LogP contribution < -0.4 is 5.32 Å². The Kier molecular flexibility index (Phi) is 16.0. The summed E-state index contributed by atoms with van der Waals surface area (Å²) in [6.45, 7) is 1.57. The number of hydrogen-bond donors (Lipinski definition) is 4. The van der Waals surface area contributed by atoms with Crippen LogP contribution in [0.1, 0.15) is 76.7 Å². The lowest BCUT2D eigenvalue weighted by molar-refractivity contribution is -0.757. The summed E-state index contributed by atoms with van der Waals surface area (Å²) < 4.78 is 5.06. The summed E-state index contributed by atoms with van der Waals surface area (Å²) in [6, 6.07) is 9.23. The number of carbonyl (C=O) groups is 2. The topological polar surface area (TPSA) is 168 Å². The van der Waals surface area contributed by atoms with Crippen LogP contribution in [0.15, 0.2) is 42.5 Å². The van der Waals surface area contributed by atoms with E-state index in [1.54, 1.807) is 0 Å². The van der Waals surface area contributed by atoms with Gasteiger partial charge in [0.05, 0.1) is 31.5 Å². The normalized spacial score (nSPS) is 21.9. The van der Waals surface area contributed by atoms with Crippen LogP contribution in [0, 0.1) is 22.0 Å². The zero-order valence-electron chi connectivity index (χ0n) is 23.9. The van der Waals surface area contributed by atoms with E-state index in [0.29, 0.717) is 57.8 Å². The van der Waals surface area contributed by atoms with Crippen molar-refractivity contribution in [1.82, 2.24) is 5.32 Å². The van der Waals surface area contributed by atoms with Crippen LogP contribution in [-0.4, -0.2) is 69.9 Å². The lowest BCUT2D eigenvalue weighted by Crippen LogP contribution is -2.39. The maximum Gasteiger partial charge on any atom is 0.328 e. The summed E-state index contributed by atoms with van der Waals surface area (Å²) in [6.07, 6.45) is 8.31. The zero-order chi connectivity index (χ0) is 30.0. The SMILES string of the molecule is CC(NC(=O)CCC/C=C\C[C@@H]1[C@@H](CC[C@@H](O)CCc2ccccc2)[C@H](O)C[C@@H]1O)C(=O)OCCCCO[N+](=O)[O-]. The number of nitrogens with one attached hydrogen (secondary N) is 1. The number of allylic oxidation sites excluding steroid dienone is 2. The maximum absolute atomic E-state index is 12.2. The molecule has 0 saturated heterocycles. The number of hydrogen-bond acceptors (Lipinski definition) is 9. The molecule has 0 radical (unpaired) electrons. The molecule has 11 heteroatoms. The number of esters is 1. The van der Waals surface area contributed by atoms with E-state index in [1.807, 2.05) is 42.5 Å². The van der Waals surface area contributed by atoms with Gasteiger partial charge < -0.3 is 30.2 Å². The first kappa shape index (κ1) is 34.2. The molecular formula is C30H46N2O9. The van der Waals surface area contributed by atoms with E-state index in [-0.39, 0.29) is 37.4 Å². The van der Waals surface area contributed by atoms with E-state index in [1.165, 1.54) is 12.5 Å². The van der Waals surface area contributed by atoms with E-state index in [0.717, 1.165) is 6.42 Å². The fourth-order valence-corrected chi connectivity index (χ4v) is 5.18. The Morgan fingerprint density at radius 3 is 2.51 bits per heavy atom. The predicted octanol–water partition coefficient (Wildman–Crippen LogP) is 3.27. The molecule has 1 unspecified atom stereocenters. The van der Waals surface area contributed by atoms with E-state index < -0.39 is 35.4 Å². The van der Waals surface area contributed by atoms with E-state index >= 15 is 0 Å². The second kappa shape index (κ2) is 19.2. The van der Waals surface area contributed by atoms with Gasteiger partial charge in [-0.2, -0.15) is 0 Å². The molecule has 230 valence electrons. The molecule has 11 nitrogen and oxygen atoms in total. The van der Waals surface area contributed by atoms with E-state index in [4.69, 9.17) is 4.74 Å². The largest absolute Gasteiger partial charge is 0.464 e. The van der Waals surface area contributed by atoms with E-state index in [9.17, 15) is 35.0 Å². The Hall–Kier alpha value is -3.02. The van der Waals surface area contributed by atoms with Crippen molar-refractivity contribution in [2.24, 2.45) is 11.8 Å². The van der Waals surface area contributed by atoms with Crippen molar-refractivity contribution in [2.45, 2.75) is 102 Å². The average Bonchev–Trinajstić information content (AvgIpc) is 3.21. The number of carbonyl (C=O) groups excluding carboxylic acids is 2. The van der Waals surface area contributed by atoms with Gasteiger partial charge in [-0.15, -0.1) is 10.1 Å². The van der Waals surface area contributed by atoms with Gasteiger partial charge in [0.25, 0.3) is 5.09 Å². The summed E-state index contributed by atoms with van der Waals surface area (Å²) in [5, 5.41) is 43.2. The number of rotatable bonds is 20. The minimum Gasteiger partial charge on any atom is -0.464 e. The first-order valence-corrected chi connectivity index (χ1v) is 14.6. The van der Waals surface area contributed by atoms with Crippen LogP contribution in [0.25, 0.3) is 0 Å². The van der Waals surface area contributed by atoms with Gasteiger partial charge in [0.2, 0.25) is 5.91 Å². The van der Waals surface area contributed by atoms with Crippen LogP contribution in [-0.2, 0) is 25.6 Å². The Morgan fingerprint density at radius 1 is 1.07 bits per heavy atom. The summed E-state index contributed by atoms with van der Waals surface area (Å²) in [4.78, 5) is 38.4. The molecule has 2 rings (SSSR count). The predicted molar refractivity (Wildman–Crippen MR) is 152 cm³/mol. The maximum atomic E-state index is 12.2. The fraction of sp³-hybridized carbons (Fsp3) is 0.667. The molecule has 0 aliphatic heterocycles. The standard InChI is InChI=1S/C30H46N2O9/c1-22(30(37)40-19-9-10-20-41-32(38)39)31-29(36)14-8-3-2-7-13-25-26(28(35)21-27(25)34)18-17-24(33)16-15-23-11-5-4-6-12-23/h2,4-7,11-12,22,24-28,33-35H,3,8-10,13-21H2,1H3,(H,31,36)/b7-2-/t22?,24-,25+,26+,27-,28+/m0/s1. The molecule has 0 aromatic heterocycles. The number of aliphatic hydroxyl groups excluding tert-OH is 3. The second-order valence-corrected chi connectivity index (χ2v) is 10.8. The van der Waals surface area contributed by atoms with Crippen molar-refractivity contribution in [1.29, 1.82) is 0 Å². The number of ether oxygens (including phenoxy) is 1. The molecule has 41 heavy (non-hydrogen) atoms. The van der Waals surface area contributed by atoms with Crippen molar-refractivity contribution in [3.8, 4) is 0 Å². The molecule has 1 aliphatic rings. The number of unbranched alkanes of at least 4 members (excludes halogenated alkanes) is 2. The summed E-state index contributed by atoms with van der Waals surface area (Å²) >= 11 is 0. The highest BCUT2D eigenvalue weighted by molar-refractivity contribution is 5.84. The van der Waals surface area contributed by atoms with Gasteiger partial charge in [-0.05, 0) is 88.5 Å². The van der Waals surface area contributed by atoms with Gasteiger partial charge in [0.1, 0.15) is 6.04 Å². The number of amides is 1. The number of aliphatic hydroxyl groups is 3. The molecule has 0 heterocycles. The molecule has 1 saturated carbocycles. The van der Waals surface area contributed by atoms with Crippen LogP contribution >= 0.6 is 0 Å². The average molecular weight is 579 g/mol. The van der Waals surface area contributed by atoms with Gasteiger partial charge in [0.15, 0.2) is 0 Å². The Labute approximate surface area is 242 Å². The minimum absolute atomic E-state index is 0.0607. The number of nitrogens with zero attached hydrogens (tertiary/aromatic N) is 1. The van der Waals surface area contributed by atoms with Gasteiger partial charge in [-0.1, -0.05) is 42.5 Å². The molecule has 1 amide bonds. The van der Waals surface area contributed by atoms with Crippen molar-refractivity contribution < 1.29 is 39.6 Å². The third kappa shape index (κ3) is 13.9. The van der Waals surface area contributed by atoms with Crippen molar-refractivity contribution in [3.05, 3.63) is 58.2 Å². The first-order valence-electron chi connectivity index (χ1n) is 14.6. The molecule has 4 N–H and O–H groups in total. The van der Waals surface area contributed by atoms with Crippen molar-refractivity contribution in [3.63, 3.8) is 0 Å². The highest BCUT2D eigenvalue weighted by atomic mass is 16.9. The van der Waals surface area contributed by atoms with Crippen LogP contribution in [0.2, 0.25) is 0 Å². The molecule has 0 bridgehead atoms. The molecule has 0 spiro atoms. The zero-order valence-corrected chi connectivity index (χ0v) is 23.9. The molecular weight excluding hydrogens is 532 g/mol. The Bertz CT molecular complexity index is 943. The van der Waals surface area contributed by atoms with Crippen LogP contribution in [0.5, 0.6) is 0 Å². The quantitative estimate of drug-likeness (QED) is 0.0596. The summed E-state index contributed by atoms with van der Waals surface area (Å²) in [5.41, 5.74) is 1.19. The van der Waals surface area contributed by atoms with Crippen LogP contribution in [0.4, 0.5) is 0 Å². The van der Waals surface area contributed by atoms with Gasteiger partial charge in [-0.3, -0.25) is 4.79 Å². The van der Waals surface area contributed by atoms with E-state index in [2.05, 4.69) is 10.2 Å². The minimum atomic E-state index is -0.871. The first-order chi connectivity index (χ1) is 19.7. The Morgan fingerprint density at radius 2 is 1.78 bits per heavy atom. The van der Waals surface area contributed by atoms with Crippen molar-refractivity contribution >= 4 is 11.9 Å². The molecule has 1 fully saturated rings. The lowest BCUT2D eigenvalue weighted by Gasteiger charge is -2.23. The summed E-state index contributed by atoms with van der Waals surface area (Å²) in [7, 11) is 0. The molecule has 1 aliphatic carbocycles. The van der Waals surface area contributed by atoms with Crippen molar-refractivity contribution in [2.75, 3.05) is 13.2 Å². The Balaban J connectivity index is 1.60. The highest BCUT2D eigenvalue weighted by Gasteiger charge is 2.40. The lowest BCUT2D eigenvalue weighted by atomic mass is 9.85. The fourth-order valence-electron chi connectivity index (χ4n) is 5.18. The highest BCUT2D eigenvalue weighted by Crippen LogP contribution is 2.38. The number of aryl methyl sites for hydroxylation is 1. The molecule has 1 aromatic rings. The third-order valence-corrected chi connectivity index (χ3v) is 7.52. The molecule has 1 aromatic carbocycles. The summed E-state index contributed by atoms with van der Waals surface area (Å²) in [5.74, 6) is -0.966. The van der Waals surface area contributed by atoms with Gasteiger partial charge in [0, 0.05) is 6.42 Å². The van der Waals surface area contributed by atoms with Gasteiger partial charge in [-0.25, -0.2) is 4.79 Å². The third-order valence-electron chi connectivity index (χ3n) is 7.52. The van der Waals surface area contributed by atoms with Crippen LogP contribution in [0.3, 0.4) is 0 Å². The number of benzene rings is 1. The molecule has 6 atom stereocenters. The second-order valence-electron chi connectivity index (χ2n) is 10.8. The smallest absolute Gasteiger partial charge is 0.328 e.